The molecule has 1 aliphatic rings. The van der Waals surface area contributed by atoms with Crippen molar-refractivity contribution in [3.63, 3.8) is 0 Å². The fourth-order valence-electron chi connectivity index (χ4n) is 3.74. The lowest BCUT2D eigenvalue weighted by molar-refractivity contribution is -0.907. The fourth-order valence-corrected chi connectivity index (χ4v) is 5.43. The van der Waals surface area contributed by atoms with E-state index in [0.717, 1.165) is 30.0 Å². The predicted octanol–water partition coefficient (Wildman–Crippen LogP) is 0.946. The summed E-state index contributed by atoms with van der Waals surface area (Å²) in [6, 6.07) is 9.83. The quantitative estimate of drug-likeness (QED) is 0.846. The zero-order chi connectivity index (χ0) is 18.9. The number of hydrogen-bond acceptors (Lipinski definition) is 4. The number of nitrogens with zero attached hydrogens (tertiary/aromatic N) is 3. The summed E-state index contributed by atoms with van der Waals surface area (Å²) < 4.78 is 25.5. The molecule has 138 valence electrons. The van der Waals surface area contributed by atoms with Crippen LogP contribution in [-0.4, -0.2) is 36.8 Å². The Hall–Kier alpha value is -2.17. The van der Waals surface area contributed by atoms with Gasteiger partial charge in [-0.3, -0.25) is 4.68 Å². The number of nitrogens with one attached hydrogen (secondary N) is 1. The first-order valence-corrected chi connectivity index (χ1v) is 10.7. The third-order valence-corrected chi connectivity index (χ3v) is 6.82. The predicted molar refractivity (Wildman–Crippen MR) is 99.5 cm³/mol. The van der Waals surface area contributed by atoms with Gasteiger partial charge in [0.15, 0.2) is 9.84 Å². The van der Waals surface area contributed by atoms with Crippen molar-refractivity contribution in [2.24, 2.45) is 0 Å². The average molecular weight is 374 g/mol. The zero-order valence-electron chi connectivity index (χ0n) is 15.5. The average Bonchev–Trinajstić information content (AvgIpc) is 3.08. The second-order valence-electron chi connectivity index (χ2n) is 7.27. The molecule has 1 aliphatic heterocycles. The minimum absolute atomic E-state index is 0.0416. The molecule has 1 aromatic heterocycles. The maximum atomic E-state index is 11.8. The van der Waals surface area contributed by atoms with E-state index in [2.05, 4.69) is 18.2 Å². The second kappa shape index (κ2) is 7.22. The van der Waals surface area contributed by atoms with E-state index >= 15 is 0 Å². The highest BCUT2D eigenvalue weighted by molar-refractivity contribution is 7.91. The minimum atomic E-state index is -2.93. The van der Waals surface area contributed by atoms with Crippen LogP contribution in [0.2, 0.25) is 0 Å². The van der Waals surface area contributed by atoms with Gasteiger partial charge in [-0.05, 0) is 32.4 Å². The van der Waals surface area contributed by atoms with Crippen LogP contribution >= 0.6 is 0 Å². The van der Waals surface area contributed by atoms with Crippen molar-refractivity contribution in [3.8, 4) is 6.07 Å². The summed E-state index contributed by atoms with van der Waals surface area (Å²) >= 11 is 0. The van der Waals surface area contributed by atoms with Crippen molar-refractivity contribution in [2.75, 3.05) is 18.6 Å². The Bertz CT molecular complexity index is 956. The van der Waals surface area contributed by atoms with Crippen LogP contribution in [0.1, 0.15) is 40.5 Å². The number of sulfone groups is 1. The van der Waals surface area contributed by atoms with E-state index in [1.165, 1.54) is 10.5 Å². The highest BCUT2D eigenvalue weighted by Crippen LogP contribution is 2.26. The van der Waals surface area contributed by atoms with Crippen molar-refractivity contribution in [2.45, 2.75) is 39.4 Å². The lowest BCUT2D eigenvalue weighted by atomic mass is 10.1. The molecule has 0 amide bonds. The molecule has 0 radical (unpaired) electrons. The van der Waals surface area contributed by atoms with Crippen molar-refractivity contribution < 1.29 is 13.3 Å². The summed E-state index contributed by atoms with van der Waals surface area (Å²) in [7, 11) is -0.806. The number of aryl methyl sites for hydroxylation is 1. The Kier molecular flexibility index (Phi) is 5.17. The number of aromatic nitrogens is 2. The van der Waals surface area contributed by atoms with E-state index in [1.54, 1.807) is 0 Å². The van der Waals surface area contributed by atoms with Crippen LogP contribution in [0.5, 0.6) is 0 Å². The Morgan fingerprint density at radius 1 is 1.35 bits per heavy atom. The molecule has 2 aromatic rings. The fraction of sp³-hybridized carbons (Fsp3) is 0.474. The molecular weight excluding hydrogens is 348 g/mol. The van der Waals surface area contributed by atoms with Gasteiger partial charge in [0, 0.05) is 11.3 Å². The van der Waals surface area contributed by atoms with E-state index in [-0.39, 0.29) is 17.5 Å². The number of benzene rings is 1. The van der Waals surface area contributed by atoms with Crippen LogP contribution in [0, 0.1) is 25.2 Å². The molecule has 1 unspecified atom stereocenters. The molecule has 2 heterocycles. The molecule has 7 heteroatoms. The molecule has 1 aromatic carbocycles. The molecule has 1 fully saturated rings. The molecule has 1 saturated heterocycles. The first-order chi connectivity index (χ1) is 12.3. The Labute approximate surface area is 155 Å². The van der Waals surface area contributed by atoms with Crippen LogP contribution in [0.3, 0.4) is 0 Å². The summed E-state index contributed by atoms with van der Waals surface area (Å²) in [5.74, 6) is 0.448. The number of quaternary nitrogens is 1. The zero-order valence-corrected chi connectivity index (χ0v) is 16.3. The van der Waals surface area contributed by atoms with Gasteiger partial charge in [-0.15, -0.1) is 0 Å². The van der Waals surface area contributed by atoms with Crippen molar-refractivity contribution in [3.05, 3.63) is 52.3 Å². The van der Waals surface area contributed by atoms with Gasteiger partial charge >= 0.3 is 0 Å². The van der Waals surface area contributed by atoms with Gasteiger partial charge in [0.25, 0.3) is 0 Å². The molecule has 3 rings (SSSR count). The van der Waals surface area contributed by atoms with Crippen LogP contribution in [0.4, 0.5) is 0 Å². The van der Waals surface area contributed by atoms with Crippen molar-refractivity contribution in [1.29, 1.82) is 5.26 Å². The summed E-state index contributed by atoms with van der Waals surface area (Å²) in [6.45, 7) is 5.65. The maximum absolute atomic E-state index is 11.8. The van der Waals surface area contributed by atoms with Gasteiger partial charge in [-0.2, -0.15) is 10.4 Å². The second-order valence-corrected chi connectivity index (χ2v) is 9.50. The van der Waals surface area contributed by atoms with E-state index in [0.29, 0.717) is 12.0 Å². The Balaban J connectivity index is 1.74. The van der Waals surface area contributed by atoms with Crippen LogP contribution < -0.4 is 4.90 Å². The molecule has 26 heavy (non-hydrogen) atoms. The van der Waals surface area contributed by atoms with Gasteiger partial charge in [-0.1, -0.05) is 12.1 Å². The summed E-state index contributed by atoms with van der Waals surface area (Å²) in [5.41, 5.74) is 5.03. The first-order valence-electron chi connectivity index (χ1n) is 8.84. The smallest absolute Gasteiger partial charge is 0.152 e. The van der Waals surface area contributed by atoms with E-state index in [1.807, 2.05) is 42.8 Å². The first kappa shape index (κ1) is 18.6. The normalized spacial score (nSPS) is 20.0. The molecule has 6 nitrogen and oxygen atoms in total. The van der Waals surface area contributed by atoms with Crippen molar-refractivity contribution in [1.82, 2.24) is 9.78 Å². The number of rotatable bonds is 5. The Morgan fingerprint density at radius 3 is 2.77 bits per heavy atom. The molecule has 0 aliphatic carbocycles. The lowest BCUT2D eigenvalue weighted by Crippen LogP contribution is -3.06. The van der Waals surface area contributed by atoms with Crippen molar-refractivity contribution >= 4 is 9.84 Å². The monoisotopic (exact) mass is 373 g/mol. The van der Waals surface area contributed by atoms with E-state index in [4.69, 9.17) is 5.26 Å². The van der Waals surface area contributed by atoms with Crippen LogP contribution in [-0.2, 0) is 22.9 Å². The summed E-state index contributed by atoms with van der Waals surface area (Å²) in [6.07, 6.45) is 0.646. The molecule has 0 spiro atoms. The van der Waals surface area contributed by atoms with Crippen LogP contribution in [0.15, 0.2) is 24.3 Å². The van der Waals surface area contributed by atoms with Gasteiger partial charge in [0.1, 0.15) is 13.1 Å². The summed E-state index contributed by atoms with van der Waals surface area (Å²) in [5, 5.41) is 13.7. The standard InChI is InChI=1S/C19H24N4O2S/c1-14-19(12-22(3)11-17-6-4-5-16(9-17)10-20)15(2)23(21-14)18-7-8-26(24,25)13-18/h4-6,9,18H,7-8,11-13H2,1-3H3/p+1/t18-/m0/s1. The highest BCUT2D eigenvalue weighted by atomic mass is 32.2. The number of hydrogen-bond donors (Lipinski definition) is 1. The maximum Gasteiger partial charge on any atom is 0.152 e. The molecular formula is C19H25N4O2S+. The SMILES string of the molecule is Cc1nn([C@H]2CCS(=O)(=O)C2)c(C)c1C[NH+](C)Cc1cccc(C#N)c1. The molecule has 0 saturated carbocycles. The van der Waals surface area contributed by atoms with Crippen LogP contribution in [0.25, 0.3) is 0 Å². The van der Waals surface area contributed by atoms with Gasteiger partial charge in [-0.25, -0.2) is 8.42 Å². The lowest BCUT2D eigenvalue weighted by Gasteiger charge is -2.15. The third kappa shape index (κ3) is 3.97. The molecule has 2 atom stereocenters. The van der Waals surface area contributed by atoms with E-state index < -0.39 is 9.84 Å². The highest BCUT2D eigenvalue weighted by Gasteiger charge is 2.31. The third-order valence-electron chi connectivity index (χ3n) is 5.07. The van der Waals surface area contributed by atoms with Gasteiger partial charge < -0.3 is 4.90 Å². The topological polar surface area (TPSA) is 80.2 Å². The van der Waals surface area contributed by atoms with E-state index in [9.17, 15) is 8.42 Å². The summed E-state index contributed by atoms with van der Waals surface area (Å²) in [4.78, 5) is 1.30. The van der Waals surface area contributed by atoms with Gasteiger partial charge in [0.2, 0.25) is 0 Å². The van der Waals surface area contributed by atoms with Gasteiger partial charge in [0.05, 0.1) is 47.5 Å². The molecule has 1 N–H and O–H groups in total. The Morgan fingerprint density at radius 2 is 2.12 bits per heavy atom. The number of nitriles is 1. The minimum Gasteiger partial charge on any atom is -0.330 e. The molecule has 0 bridgehead atoms. The largest absolute Gasteiger partial charge is 0.330 e.